The molecular formula is C31H46N8O13. The zero-order valence-electron chi connectivity index (χ0n) is 28.7. The van der Waals surface area contributed by atoms with Gasteiger partial charge in [0.05, 0.1) is 18.2 Å². The Morgan fingerprint density at radius 1 is 0.808 bits per heavy atom. The molecule has 0 unspecified atom stereocenters. The zero-order chi connectivity index (χ0) is 40.1. The molecule has 0 heterocycles. The van der Waals surface area contributed by atoms with Gasteiger partial charge in [-0.3, -0.25) is 43.2 Å². The maximum atomic E-state index is 13.9. The molecule has 1 aromatic carbocycles. The molecule has 288 valence electrons. The number of aromatic hydroxyl groups is 1. The van der Waals surface area contributed by atoms with Gasteiger partial charge in [0, 0.05) is 12.8 Å². The highest BCUT2D eigenvalue weighted by atomic mass is 16.4. The van der Waals surface area contributed by atoms with E-state index in [1.807, 2.05) is 0 Å². The Bertz CT molecular complexity index is 1540. The van der Waals surface area contributed by atoms with Crippen molar-refractivity contribution in [2.45, 2.75) is 89.0 Å². The summed E-state index contributed by atoms with van der Waals surface area (Å²) in [5.74, 6) is -13.9. The fraction of sp³-hybridized carbons (Fsp3) is 0.516. The summed E-state index contributed by atoms with van der Waals surface area (Å²) in [6.45, 7) is 4.49. The van der Waals surface area contributed by atoms with E-state index in [2.05, 4.69) is 21.3 Å². The number of carboxylic acids is 3. The fourth-order valence-corrected chi connectivity index (χ4v) is 4.79. The van der Waals surface area contributed by atoms with Crippen molar-refractivity contribution >= 4 is 59.0 Å². The number of amides is 6. The van der Waals surface area contributed by atoms with Crippen molar-refractivity contribution < 1.29 is 63.6 Å². The standard InChI is InChI=1S/C31H46N8O13/c1-13(2)8-19(36-25(45)17(33)11-15(28(48)49)29(50)51)26(46)37-20(10-14-4-5-21(40)16(32)9-14)27(47)39-31(3,7-6-23(42)43)30(52)38-18(24(35)44)12-22(34)41/h4-5,9,13,15,17-20,40H,6-8,10-12,32-33H2,1-3H3,(H2,34,41)(H2,35,44)(H,36,45)(H,37,46)(H,38,52)(H,39,47)(H,42,43)(H,48,49)(H,50,51)/t17-,18-,19-,20-,31-/m0/s1. The maximum absolute atomic E-state index is 13.9. The van der Waals surface area contributed by atoms with Crippen LogP contribution in [0.4, 0.5) is 5.69 Å². The molecule has 0 aliphatic heterocycles. The highest BCUT2D eigenvalue weighted by Gasteiger charge is 2.40. The van der Waals surface area contributed by atoms with Crippen LogP contribution >= 0.6 is 0 Å². The van der Waals surface area contributed by atoms with Crippen LogP contribution in [0.15, 0.2) is 18.2 Å². The van der Waals surface area contributed by atoms with Gasteiger partial charge < -0.3 is 64.6 Å². The van der Waals surface area contributed by atoms with E-state index in [9.17, 15) is 53.4 Å². The SMILES string of the molecule is CC(C)C[C@H](NC(=O)[C@@H](N)CC(C(=O)O)C(=O)O)C(=O)N[C@@H](Cc1ccc(O)c(N)c1)C(=O)N[C@@](C)(CCC(=O)O)C(=O)N[C@@H](CC(N)=O)C(N)=O. The normalized spacial score (nSPS) is 14.5. The Kier molecular flexibility index (Phi) is 16.4. The third-order valence-corrected chi connectivity index (χ3v) is 7.72. The summed E-state index contributed by atoms with van der Waals surface area (Å²) < 4.78 is 0. The minimum absolute atomic E-state index is 0.0564. The molecule has 21 heteroatoms. The Hall–Kier alpha value is -5.99. The number of phenols is 1. The molecule has 5 atom stereocenters. The molecular weight excluding hydrogens is 692 g/mol. The smallest absolute Gasteiger partial charge is 0.317 e. The lowest BCUT2D eigenvalue weighted by atomic mass is 9.92. The van der Waals surface area contributed by atoms with Gasteiger partial charge >= 0.3 is 17.9 Å². The number of hydrogen-bond donors (Lipinski definition) is 12. The first-order valence-corrected chi connectivity index (χ1v) is 15.8. The lowest BCUT2D eigenvalue weighted by Gasteiger charge is -2.33. The van der Waals surface area contributed by atoms with Crippen LogP contribution in [0.1, 0.15) is 58.4 Å². The fourth-order valence-electron chi connectivity index (χ4n) is 4.79. The molecule has 16 N–H and O–H groups in total. The van der Waals surface area contributed by atoms with Crippen molar-refractivity contribution in [3.05, 3.63) is 23.8 Å². The number of rotatable bonds is 22. The van der Waals surface area contributed by atoms with E-state index in [0.717, 1.165) is 6.92 Å². The number of anilines is 1. The van der Waals surface area contributed by atoms with Gasteiger partial charge in [-0.1, -0.05) is 19.9 Å². The highest BCUT2D eigenvalue weighted by molar-refractivity contribution is 5.99. The van der Waals surface area contributed by atoms with Crippen molar-refractivity contribution in [2.75, 3.05) is 5.73 Å². The minimum atomic E-state index is -2.11. The van der Waals surface area contributed by atoms with E-state index in [1.54, 1.807) is 13.8 Å². The van der Waals surface area contributed by atoms with Crippen LogP contribution in [0.3, 0.4) is 0 Å². The monoisotopic (exact) mass is 738 g/mol. The summed E-state index contributed by atoms with van der Waals surface area (Å²) in [6.07, 6.45) is -3.19. The number of primary amides is 2. The summed E-state index contributed by atoms with van der Waals surface area (Å²) >= 11 is 0. The summed E-state index contributed by atoms with van der Waals surface area (Å²) in [6, 6.07) is -2.47. The summed E-state index contributed by atoms with van der Waals surface area (Å²) in [7, 11) is 0. The summed E-state index contributed by atoms with van der Waals surface area (Å²) in [5, 5.41) is 46.9. The van der Waals surface area contributed by atoms with Crippen LogP contribution in [0.25, 0.3) is 0 Å². The molecule has 0 saturated carbocycles. The number of carbonyl (C=O) groups is 9. The molecule has 0 radical (unpaired) electrons. The van der Waals surface area contributed by atoms with E-state index in [-0.39, 0.29) is 35.8 Å². The van der Waals surface area contributed by atoms with Gasteiger partial charge in [0.1, 0.15) is 29.4 Å². The lowest BCUT2D eigenvalue weighted by molar-refractivity contribution is -0.155. The maximum Gasteiger partial charge on any atom is 0.317 e. The largest absolute Gasteiger partial charge is 0.506 e. The number of nitrogens with one attached hydrogen (secondary N) is 4. The van der Waals surface area contributed by atoms with E-state index >= 15 is 0 Å². The number of carboxylic acid groups (broad SMARTS) is 3. The predicted octanol–water partition coefficient (Wildman–Crippen LogP) is -3.38. The number of nitrogen functional groups attached to an aromatic ring is 1. The van der Waals surface area contributed by atoms with Crippen molar-refractivity contribution in [2.24, 2.45) is 29.0 Å². The number of aliphatic carboxylic acids is 3. The van der Waals surface area contributed by atoms with Gasteiger partial charge in [0.25, 0.3) is 0 Å². The van der Waals surface area contributed by atoms with E-state index in [0.29, 0.717) is 0 Å². The van der Waals surface area contributed by atoms with Crippen LogP contribution in [-0.2, 0) is 49.6 Å². The number of phenolic OH excluding ortho intramolecular Hbond substituents is 1. The first-order chi connectivity index (χ1) is 24.0. The van der Waals surface area contributed by atoms with Crippen LogP contribution in [0.2, 0.25) is 0 Å². The third-order valence-electron chi connectivity index (χ3n) is 7.72. The minimum Gasteiger partial charge on any atom is -0.506 e. The molecule has 21 nitrogen and oxygen atoms in total. The number of benzene rings is 1. The van der Waals surface area contributed by atoms with Crippen LogP contribution in [0, 0.1) is 11.8 Å². The van der Waals surface area contributed by atoms with Crippen molar-refractivity contribution in [3.8, 4) is 5.75 Å². The Labute approximate surface area is 297 Å². The average Bonchev–Trinajstić information content (AvgIpc) is 3.02. The molecule has 0 aliphatic carbocycles. The highest BCUT2D eigenvalue weighted by Crippen LogP contribution is 2.22. The van der Waals surface area contributed by atoms with E-state index in [4.69, 9.17) is 33.1 Å². The van der Waals surface area contributed by atoms with Crippen molar-refractivity contribution in [1.29, 1.82) is 0 Å². The van der Waals surface area contributed by atoms with Gasteiger partial charge in [-0.2, -0.15) is 0 Å². The van der Waals surface area contributed by atoms with Crippen molar-refractivity contribution in [1.82, 2.24) is 21.3 Å². The molecule has 0 aliphatic rings. The number of hydrogen-bond acceptors (Lipinski definition) is 12. The van der Waals surface area contributed by atoms with Gasteiger partial charge in [0.2, 0.25) is 35.4 Å². The molecule has 52 heavy (non-hydrogen) atoms. The molecule has 6 amide bonds. The van der Waals surface area contributed by atoms with Crippen LogP contribution in [0.5, 0.6) is 5.75 Å². The van der Waals surface area contributed by atoms with Gasteiger partial charge in [0.15, 0.2) is 5.92 Å². The number of nitrogens with two attached hydrogens (primary N) is 4. The molecule has 0 fully saturated rings. The third kappa shape index (κ3) is 14.1. The van der Waals surface area contributed by atoms with Gasteiger partial charge in [-0.15, -0.1) is 0 Å². The van der Waals surface area contributed by atoms with Gasteiger partial charge in [-0.25, -0.2) is 0 Å². The second-order valence-corrected chi connectivity index (χ2v) is 12.7. The quantitative estimate of drug-likeness (QED) is 0.0314. The Balaban J connectivity index is 3.53. The molecule has 1 rings (SSSR count). The summed E-state index contributed by atoms with van der Waals surface area (Å²) in [5.41, 5.74) is 20.0. The Morgan fingerprint density at radius 3 is 1.87 bits per heavy atom. The second kappa shape index (κ2) is 19.4. The van der Waals surface area contributed by atoms with E-state index < -0.39 is 115 Å². The van der Waals surface area contributed by atoms with Crippen molar-refractivity contribution in [3.63, 3.8) is 0 Å². The molecule has 0 spiro atoms. The summed E-state index contributed by atoms with van der Waals surface area (Å²) in [4.78, 5) is 111. The zero-order valence-corrected chi connectivity index (χ0v) is 28.7. The van der Waals surface area contributed by atoms with E-state index in [1.165, 1.54) is 18.2 Å². The molecule has 0 aromatic heterocycles. The molecule has 1 aromatic rings. The lowest BCUT2D eigenvalue weighted by Crippen LogP contribution is -2.64. The molecule has 0 saturated heterocycles. The topological polar surface area (TPSA) is 387 Å². The first-order valence-electron chi connectivity index (χ1n) is 15.8. The first kappa shape index (κ1) is 44.0. The van der Waals surface area contributed by atoms with Crippen LogP contribution in [-0.4, -0.2) is 103 Å². The molecule has 0 bridgehead atoms. The van der Waals surface area contributed by atoms with Crippen LogP contribution < -0.4 is 44.2 Å². The Morgan fingerprint density at radius 2 is 1.38 bits per heavy atom. The van der Waals surface area contributed by atoms with Gasteiger partial charge in [-0.05, 0) is 49.8 Å². The second-order valence-electron chi connectivity index (χ2n) is 12.7. The average molecular weight is 739 g/mol. The predicted molar refractivity (Wildman–Crippen MR) is 179 cm³/mol. The number of carbonyl (C=O) groups excluding carboxylic acids is 6.